The molecule has 0 aliphatic rings. The lowest BCUT2D eigenvalue weighted by Gasteiger charge is -2.27. The van der Waals surface area contributed by atoms with Gasteiger partial charge in [0.2, 0.25) is 0 Å². The number of methoxy groups -OCH3 is 1. The largest absolute Gasteiger partial charge is 0.382 e. The molecule has 1 heterocycles. The molecule has 0 spiro atoms. The van der Waals surface area contributed by atoms with E-state index in [-0.39, 0.29) is 16.6 Å². The topological polar surface area (TPSA) is 56.1 Å². The molecule has 0 bridgehead atoms. The average molecular weight is 253 g/mol. The molecule has 0 saturated carbocycles. The van der Waals surface area contributed by atoms with Crippen LogP contribution in [-0.2, 0) is 10.3 Å². The number of nitrogens with zero attached hydrogens (tertiary/aromatic N) is 2. The zero-order valence-corrected chi connectivity index (χ0v) is 12.1. The van der Waals surface area contributed by atoms with E-state index in [1.165, 1.54) is 0 Å². The molecular formula is C13H23N3O2. The summed E-state index contributed by atoms with van der Waals surface area (Å²) in [4.78, 5) is 16.4. The molecule has 0 amide bonds. The molecule has 102 valence electrons. The maximum absolute atomic E-state index is 12.3. The molecule has 18 heavy (non-hydrogen) atoms. The van der Waals surface area contributed by atoms with Crippen LogP contribution in [0.1, 0.15) is 34.6 Å². The van der Waals surface area contributed by atoms with Gasteiger partial charge in [-0.2, -0.15) is 0 Å². The number of hydrogen-bond donors (Lipinski definition) is 1. The molecule has 0 atom stereocenters. The van der Waals surface area contributed by atoms with Crippen molar-refractivity contribution in [2.45, 2.75) is 45.7 Å². The first-order valence-corrected chi connectivity index (χ1v) is 6.03. The summed E-state index contributed by atoms with van der Waals surface area (Å²) >= 11 is 0. The number of nitrogens with one attached hydrogen (secondary N) is 1. The van der Waals surface area contributed by atoms with Gasteiger partial charge in [0.1, 0.15) is 0 Å². The van der Waals surface area contributed by atoms with Gasteiger partial charge in [-0.25, -0.2) is 4.98 Å². The van der Waals surface area contributed by atoms with E-state index in [0.717, 1.165) is 0 Å². The number of rotatable bonds is 4. The predicted molar refractivity (Wildman–Crippen MR) is 73.1 cm³/mol. The fourth-order valence-corrected chi connectivity index (χ4v) is 1.74. The molecule has 0 saturated heterocycles. The highest BCUT2D eigenvalue weighted by Gasteiger charge is 2.22. The molecule has 1 N–H and O–H groups in total. The van der Waals surface area contributed by atoms with Crippen LogP contribution in [0, 0.1) is 0 Å². The Morgan fingerprint density at radius 1 is 1.33 bits per heavy atom. The lowest BCUT2D eigenvalue weighted by Crippen LogP contribution is -2.41. The van der Waals surface area contributed by atoms with Crippen molar-refractivity contribution >= 4 is 5.82 Å². The summed E-state index contributed by atoms with van der Waals surface area (Å²) in [5, 5.41) is 3.13. The van der Waals surface area contributed by atoms with Crippen LogP contribution in [0.15, 0.2) is 17.2 Å². The normalized spacial score (nSPS) is 12.6. The van der Waals surface area contributed by atoms with E-state index in [1.807, 2.05) is 34.6 Å². The minimum absolute atomic E-state index is 0.117. The third-order valence-corrected chi connectivity index (χ3v) is 2.53. The van der Waals surface area contributed by atoms with Gasteiger partial charge in [-0.3, -0.25) is 4.79 Å². The summed E-state index contributed by atoms with van der Waals surface area (Å²) in [7, 11) is 1.63. The average Bonchev–Trinajstić information content (AvgIpc) is 2.18. The van der Waals surface area contributed by atoms with Gasteiger partial charge in [-0.05, 0) is 34.6 Å². The Kier molecular flexibility index (Phi) is 4.16. The third-order valence-electron chi connectivity index (χ3n) is 2.53. The SMILES string of the molecule is COCC(C)(C)Nc1nccn(C(C)(C)C)c1=O. The number of anilines is 1. The fraction of sp³-hybridized carbons (Fsp3) is 0.692. The van der Waals surface area contributed by atoms with Crippen molar-refractivity contribution in [1.82, 2.24) is 9.55 Å². The number of hydrogen-bond acceptors (Lipinski definition) is 4. The molecule has 1 aromatic rings. The van der Waals surface area contributed by atoms with E-state index < -0.39 is 0 Å². The quantitative estimate of drug-likeness (QED) is 0.889. The number of aromatic nitrogens is 2. The van der Waals surface area contributed by atoms with Crippen LogP contribution in [-0.4, -0.2) is 28.8 Å². The lowest BCUT2D eigenvalue weighted by molar-refractivity contribution is 0.158. The van der Waals surface area contributed by atoms with Gasteiger partial charge in [0.15, 0.2) is 5.82 Å². The van der Waals surface area contributed by atoms with Crippen LogP contribution >= 0.6 is 0 Å². The Balaban J connectivity index is 3.10. The summed E-state index contributed by atoms with van der Waals surface area (Å²) in [5.41, 5.74) is -0.714. The molecule has 0 unspecified atom stereocenters. The van der Waals surface area contributed by atoms with Crippen molar-refractivity contribution in [2.75, 3.05) is 19.0 Å². The Hall–Kier alpha value is -1.36. The van der Waals surface area contributed by atoms with Gasteiger partial charge in [-0.15, -0.1) is 0 Å². The lowest BCUT2D eigenvalue weighted by atomic mass is 10.1. The zero-order valence-electron chi connectivity index (χ0n) is 12.1. The highest BCUT2D eigenvalue weighted by Crippen LogP contribution is 2.13. The minimum atomic E-state index is -0.335. The van der Waals surface area contributed by atoms with E-state index in [4.69, 9.17) is 4.74 Å². The van der Waals surface area contributed by atoms with Gasteiger partial charge in [0.05, 0.1) is 12.1 Å². The Bertz CT molecular complexity index is 458. The summed E-state index contributed by atoms with van der Waals surface area (Å²) in [6.07, 6.45) is 3.34. The van der Waals surface area contributed by atoms with Crippen LogP contribution in [0.25, 0.3) is 0 Å². The second-order valence-electron chi connectivity index (χ2n) is 6.06. The van der Waals surface area contributed by atoms with Crippen molar-refractivity contribution in [2.24, 2.45) is 0 Å². The third kappa shape index (κ3) is 3.57. The van der Waals surface area contributed by atoms with Gasteiger partial charge < -0.3 is 14.6 Å². The number of ether oxygens (including phenoxy) is 1. The molecular weight excluding hydrogens is 230 g/mol. The van der Waals surface area contributed by atoms with Crippen molar-refractivity contribution in [1.29, 1.82) is 0 Å². The monoisotopic (exact) mass is 253 g/mol. The van der Waals surface area contributed by atoms with Crippen molar-refractivity contribution in [3.8, 4) is 0 Å². The first-order chi connectivity index (χ1) is 8.17. The van der Waals surface area contributed by atoms with Crippen LogP contribution in [0.2, 0.25) is 0 Å². The molecule has 5 nitrogen and oxygen atoms in total. The van der Waals surface area contributed by atoms with Gasteiger partial charge in [-0.1, -0.05) is 0 Å². The summed E-state index contributed by atoms with van der Waals surface area (Å²) in [5.74, 6) is 0.356. The van der Waals surface area contributed by atoms with Gasteiger partial charge in [0, 0.05) is 25.0 Å². The molecule has 0 aliphatic heterocycles. The minimum Gasteiger partial charge on any atom is -0.382 e. The Morgan fingerprint density at radius 3 is 2.44 bits per heavy atom. The van der Waals surface area contributed by atoms with E-state index in [1.54, 1.807) is 24.1 Å². The first kappa shape index (κ1) is 14.7. The van der Waals surface area contributed by atoms with E-state index in [0.29, 0.717) is 12.4 Å². The van der Waals surface area contributed by atoms with Crippen molar-refractivity contribution < 1.29 is 4.74 Å². The summed E-state index contributed by atoms with van der Waals surface area (Å²) in [6, 6.07) is 0. The van der Waals surface area contributed by atoms with Crippen molar-refractivity contribution in [3.63, 3.8) is 0 Å². The predicted octanol–water partition coefficient (Wildman–Crippen LogP) is 1.84. The Morgan fingerprint density at radius 2 is 1.94 bits per heavy atom. The summed E-state index contributed by atoms with van der Waals surface area (Å²) in [6.45, 7) is 10.4. The molecule has 1 rings (SSSR count). The zero-order chi connectivity index (χ0) is 14.0. The second kappa shape index (κ2) is 5.10. The standard InChI is InChI=1S/C13H23N3O2/c1-12(2,3)16-8-7-14-10(11(16)17)15-13(4,5)9-18-6/h7-8H,9H2,1-6H3,(H,14,15). The van der Waals surface area contributed by atoms with Crippen LogP contribution in [0.4, 0.5) is 5.82 Å². The van der Waals surface area contributed by atoms with E-state index in [2.05, 4.69) is 10.3 Å². The molecule has 0 aromatic carbocycles. The van der Waals surface area contributed by atoms with Crippen molar-refractivity contribution in [3.05, 3.63) is 22.7 Å². The second-order valence-corrected chi connectivity index (χ2v) is 6.06. The fourth-order valence-electron chi connectivity index (χ4n) is 1.74. The molecule has 0 radical (unpaired) electrons. The van der Waals surface area contributed by atoms with E-state index >= 15 is 0 Å². The van der Waals surface area contributed by atoms with Gasteiger partial charge in [0.25, 0.3) is 5.56 Å². The molecule has 1 aromatic heterocycles. The van der Waals surface area contributed by atoms with Crippen LogP contribution in [0.3, 0.4) is 0 Å². The Labute approximate surface area is 108 Å². The summed E-state index contributed by atoms with van der Waals surface area (Å²) < 4.78 is 6.79. The molecule has 0 aliphatic carbocycles. The maximum atomic E-state index is 12.3. The molecule has 0 fully saturated rings. The maximum Gasteiger partial charge on any atom is 0.293 e. The highest BCUT2D eigenvalue weighted by molar-refractivity contribution is 5.34. The van der Waals surface area contributed by atoms with Crippen LogP contribution in [0.5, 0.6) is 0 Å². The first-order valence-electron chi connectivity index (χ1n) is 6.03. The smallest absolute Gasteiger partial charge is 0.293 e. The van der Waals surface area contributed by atoms with Crippen LogP contribution < -0.4 is 10.9 Å². The van der Waals surface area contributed by atoms with E-state index in [9.17, 15) is 4.79 Å². The highest BCUT2D eigenvalue weighted by atomic mass is 16.5. The van der Waals surface area contributed by atoms with Gasteiger partial charge >= 0.3 is 0 Å². The molecule has 5 heteroatoms.